The van der Waals surface area contributed by atoms with Crippen LogP contribution < -0.4 is 10.1 Å². The van der Waals surface area contributed by atoms with Gasteiger partial charge in [0.25, 0.3) is 0 Å². The molecule has 1 aliphatic heterocycles. The maximum absolute atomic E-state index is 5.88. The molecular weight excluding hydrogens is 198 g/mol. The van der Waals surface area contributed by atoms with Crippen molar-refractivity contribution in [2.75, 3.05) is 11.9 Å². The summed E-state index contributed by atoms with van der Waals surface area (Å²) >= 11 is 5.88. The van der Waals surface area contributed by atoms with Crippen LogP contribution in [0.4, 0.5) is 5.69 Å². The zero-order valence-corrected chi connectivity index (χ0v) is 8.97. The van der Waals surface area contributed by atoms with E-state index in [1.54, 1.807) is 0 Å². The van der Waals surface area contributed by atoms with E-state index in [4.69, 9.17) is 16.3 Å². The van der Waals surface area contributed by atoms with Gasteiger partial charge in [-0.25, -0.2) is 0 Å². The first-order valence-corrected chi connectivity index (χ1v) is 5.37. The molecule has 1 atom stereocenters. The van der Waals surface area contributed by atoms with Crippen molar-refractivity contribution in [2.45, 2.75) is 25.9 Å². The van der Waals surface area contributed by atoms with Crippen LogP contribution in [0.1, 0.15) is 19.8 Å². The molecule has 2 rings (SSSR count). The molecule has 76 valence electrons. The van der Waals surface area contributed by atoms with Crippen molar-refractivity contribution in [3.05, 3.63) is 23.2 Å². The molecule has 0 bridgehead atoms. The van der Waals surface area contributed by atoms with Gasteiger partial charge >= 0.3 is 0 Å². The number of halogens is 1. The Hall–Kier alpha value is -0.890. The van der Waals surface area contributed by atoms with Gasteiger partial charge in [-0.2, -0.15) is 0 Å². The summed E-state index contributed by atoms with van der Waals surface area (Å²) in [5.41, 5.74) is 1.00. The number of hydrogen-bond acceptors (Lipinski definition) is 2. The van der Waals surface area contributed by atoms with Crippen LogP contribution in [-0.2, 0) is 0 Å². The summed E-state index contributed by atoms with van der Waals surface area (Å²) in [7, 11) is 0. The molecule has 2 nitrogen and oxygen atoms in total. The number of benzene rings is 1. The quantitative estimate of drug-likeness (QED) is 0.811. The van der Waals surface area contributed by atoms with Crippen molar-refractivity contribution < 1.29 is 4.74 Å². The molecule has 0 saturated carbocycles. The fourth-order valence-electron chi connectivity index (χ4n) is 1.67. The Labute approximate surface area is 89.2 Å². The predicted molar refractivity (Wildman–Crippen MR) is 59.3 cm³/mol. The fourth-order valence-corrected chi connectivity index (χ4v) is 1.84. The smallest absolute Gasteiger partial charge is 0.143 e. The first-order chi connectivity index (χ1) is 6.79. The minimum absolute atomic E-state index is 0.300. The van der Waals surface area contributed by atoms with Gasteiger partial charge in [0.15, 0.2) is 0 Å². The SMILES string of the molecule is CCCC1CNc2cc(Cl)ccc2O1. The monoisotopic (exact) mass is 211 g/mol. The third kappa shape index (κ3) is 1.95. The van der Waals surface area contributed by atoms with Crippen LogP contribution in [0.2, 0.25) is 5.02 Å². The summed E-state index contributed by atoms with van der Waals surface area (Å²) in [6.07, 6.45) is 2.54. The summed E-state index contributed by atoms with van der Waals surface area (Å²) in [5, 5.41) is 4.07. The van der Waals surface area contributed by atoms with E-state index < -0.39 is 0 Å². The molecule has 0 amide bonds. The Kier molecular flexibility index (Phi) is 2.82. The van der Waals surface area contributed by atoms with Crippen LogP contribution >= 0.6 is 11.6 Å². The first-order valence-electron chi connectivity index (χ1n) is 4.99. The van der Waals surface area contributed by atoms with Crippen LogP contribution in [0, 0.1) is 0 Å². The highest BCUT2D eigenvalue weighted by Gasteiger charge is 2.17. The summed E-state index contributed by atoms with van der Waals surface area (Å²) in [5.74, 6) is 0.916. The molecule has 3 heteroatoms. The van der Waals surface area contributed by atoms with Crippen molar-refractivity contribution in [3.8, 4) is 5.75 Å². The average Bonchev–Trinajstić information content (AvgIpc) is 2.19. The summed E-state index contributed by atoms with van der Waals surface area (Å²) < 4.78 is 5.81. The molecule has 1 N–H and O–H groups in total. The van der Waals surface area contributed by atoms with E-state index in [-0.39, 0.29) is 0 Å². The van der Waals surface area contributed by atoms with E-state index in [0.717, 1.165) is 35.8 Å². The Morgan fingerprint density at radius 1 is 1.57 bits per heavy atom. The van der Waals surface area contributed by atoms with Gasteiger partial charge in [0.2, 0.25) is 0 Å². The summed E-state index contributed by atoms with van der Waals surface area (Å²) in [6.45, 7) is 3.04. The lowest BCUT2D eigenvalue weighted by Gasteiger charge is -2.27. The Balaban J connectivity index is 2.15. The minimum Gasteiger partial charge on any atom is -0.486 e. The van der Waals surface area contributed by atoms with Gasteiger partial charge in [-0.15, -0.1) is 0 Å². The molecule has 0 radical (unpaired) electrons. The topological polar surface area (TPSA) is 21.3 Å². The second kappa shape index (κ2) is 4.09. The highest BCUT2D eigenvalue weighted by molar-refractivity contribution is 6.30. The highest BCUT2D eigenvalue weighted by atomic mass is 35.5. The molecular formula is C11H14ClNO. The molecule has 1 aliphatic rings. The lowest BCUT2D eigenvalue weighted by atomic mass is 10.1. The van der Waals surface area contributed by atoms with Crippen LogP contribution in [0.15, 0.2) is 18.2 Å². The van der Waals surface area contributed by atoms with Crippen molar-refractivity contribution in [1.82, 2.24) is 0 Å². The zero-order valence-electron chi connectivity index (χ0n) is 8.22. The highest BCUT2D eigenvalue weighted by Crippen LogP contribution is 2.32. The van der Waals surface area contributed by atoms with Gasteiger partial charge < -0.3 is 10.1 Å². The number of hydrogen-bond donors (Lipinski definition) is 1. The van der Waals surface area contributed by atoms with Gasteiger partial charge in [-0.05, 0) is 24.6 Å². The molecule has 1 aromatic rings. The standard InChI is InChI=1S/C11H14ClNO/c1-2-3-9-7-13-10-6-8(12)4-5-11(10)14-9/h4-6,9,13H,2-3,7H2,1H3. The molecule has 1 aromatic carbocycles. The lowest BCUT2D eigenvalue weighted by molar-refractivity contribution is 0.194. The van der Waals surface area contributed by atoms with Crippen LogP contribution in [0.25, 0.3) is 0 Å². The molecule has 0 aromatic heterocycles. The second-order valence-corrected chi connectivity index (χ2v) is 3.99. The zero-order chi connectivity index (χ0) is 9.97. The largest absolute Gasteiger partial charge is 0.486 e. The Bertz CT molecular complexity index is 327. The summed E-state index contributed by atoms with van der Waals surface area (Å²) in [4.78, 5) is 0. The van der Waals surface area contributed by atoms with E-state index in [9.17, 15) is 0 Å². The third-order valence-corrected chi connectivity index (χ3v) is 2.60. The average molecular weight is 212 g/mol. The Morgan fingerprint density at radius 3 is 3.21 bits per heavy atom. The normalized spacial score (nSPS) is 19.4. The number of ether oxygens (including phenoxy) is 1. The maximum Gasteiger partial charge on any atom is 0.143 e. The molecule has 14 heavy (non-hydrogen) atoms. The van der Waals surface area contributed by atoms with Gasteiger partial charge in [-0.1, -0.05) is 24.9 Å². The number of nitrogens with one attached hydrogen (secondary N) is 1. The lowest BCUT2D eigenvalue weighted by Crippen LogP contribution is -2.30. The molecule has 0 aliphatic carbocycles. The van der Waals surface area contributed by atoms with Crippen LogP contribution in [0.3, 0.4) is 0 Å². The molecule has 1 unspecified atom stereocenters. The van der Waals surface area contributed by atoms with Gasteiger partial charge in [0.1, 0.15) is 11.9 Å². The van der Waals surface area contributed by atoms with Crippen molar-refractivity contribution in [2.24, 2.45) is 0 Å². The van der Waals surface area contributed by atoms with Crippen molar-refractivity contribution in [1.29, 1.82) is 0 Å². The van der Waals surface area contributed by atoms with E-state index in [0.29, 0.717) is 6.10 Å². The van der Waals surface area contributed by atoms with Gasteiger partial charge in [0, 0.05) is 5.02 Å². The summed E-state index contributed by atoms with van der Waals surface area (Å²) in [6, 6.07) is 5.68. The van der Waals surface area contributed by atoms with Gasteiger partial charge in [0.05, 0.1) is 12.2 Å². The van der Waals surface area contributed by atoms with E-state index in [2.05, 4.69) is 12.2 Å². The van der Waals surface area contributed by atoms with Crippen LogP contribution in [0.5, 0.6) is 5.75 Å². The van der Waals surface area contributed by atoms with E-state index in [1.165, 1.54) is 0 Å². The number of anilines is 1. The molecule has 0 fully saturated rings. The molecule has 0 saturated heterocycles. The number of rotatable bonds is 2. The predicted octanol–water partition coefficient (Wildman–Crippen LogP) is 3.31. The minimum atomic E-state index is 0.300. The maximum atomic E-state index is 5.88. The first kappa shape index (κ1) is 9.66. The van der Waals surface area contributed by atoms with Gasteiger partial charge in [-0.3, -0.25) is 0 Å². The molecule has 1 heterocycles. The van der Waals surface area contributed by atoms with Crippen molar-refractivity contribution in [3.63, 3.8) is 0 Å². The number of fused-ring (bicyclic) bond motifs is 1. The Morgan fingerprint density at radius 2 is 2.43 bits per heavy atom. The van der Waals surface area contributed by atoms with E-state index >= 15 is 0 Å². The van der Waals surface area contributed by atoms with Crippen molar-refractivity contribution >= 4 is 17.3 Å². The third-order valence-electron chi connectivity index (χ3n) is 2.37. The molecule has 0 spiro atoms. The van der Waals surface area contributed by atoms with Crippen LogP contribution in [-0.4, -0.2) is 12.6 Å². The van der Waals surface area contributed by atoms with E-state index in [1.807, 2.05) is 18.2 Å². The second-order valence-electron chi connectivity index (χ2n) is 3.55. The fraction of sp³-hybridized carbons (Fsp3) is 0.455.